The van der Waals surface area contributed by atoms with E-state index in [1.165, 1.54) is 4.90 Å². The number of terminal acetylenes is 1. The maximum Gasteiger partial charge on any atom is 0.303 e. The number of aryl methyl sites for hydroxylation is 2. The maximum atomic E-state index is 13.7. The van der Waals surface area contributed by atoms with E-state index < -0.39 is 11.4 Å². The SMILES string of the molecule is C#CC(=O)N(c1ccc2c(cnn2C)c1)C1(C(=O)CCCc2ccccc2)CCC(=O)CC1. The molecule has 0 unspecified atom stereocenters. The van der Waals surface area contributed by atoms with Gasteiger partial charge in [0.2, 0.25) is 0 Å². The molecule has 1 saturated carbocycles. The lowest BCUT2D eigenvalue weighted by molar-refractivity contribution is -0.131. The summed E-state index contributed by atoms with van der Waals surface area (Å²) in [6.07, 6.45) is 10.1. The van der Waals surface area contributed by atoms with Gasteiger partial charge in [-0.1, -0.05) is 30.3 Å². The summed E-state index contributed by atoms with van der Waals surface area (Å²) in [6, 6.07) is 15.5. The molecule has 1 fully saturated rings. The van der Waals surface area contributed by atoms with Crippen LogP contribution in [0.25, 0.3) is 10.9 Å². The minimum Gasteiger partial charge on any atom is -0.300 e. The fourth-order valence-corrected chi connectivity index (χ4v) is 4.81. The fraction of sp³-hybridized carbons (Fsp3) is 0.333. The van der Waals surface area contributed by atoms with E-state index in [0.29, 0.717) is 18.5 Å². The first-order valence-electron chi connectivity index (χ1n) is 11.3. The van der Waals surface area contributed by atoms with E-state index in [2.05, 4.69) is 11.0 Å². The Balaban J connectivity index is 1.68. The quantitative estimate of drug-likeness (QED) is 0.520. The summed E-state index contributed by atoms with van der Waals surface area (Å²) in [5.74, 6) is 1.72. The van der Waals surface area contributed by atoms with Gasteiger partial charge in [0, 0.05) is 37.4 Å². The smallest absolute Gasteiger partial charge is 0.300 e. The summed E-state index contributed by atoms with van der Waals surface area (Å²) in [4.78, 5) is 40.4. The highest BCUT2D eigenvalue weighted by molar-refractivity contribution is 6.12. The minimum absolute atomic E-state index is 0.0409. The molecule has 6 nitrogen and oxygen atoms in total. The van der Waals surface area contributed by atoms with E-state index in [0.717, 1.165) is 22.9 Å². The predicted octanol–water partition coefficient (Wildman–Crippen LogP) is 4.01. The van der Waals surface area contributed by atoms with Crippen LogP contribution in [0.1, 0.15) is 44.1 Å². The zero-order valence-corrected chi connectivity index (χ0v) is 18.8. The van der Waals surface area contributed by atoms with Gasteiger partial charge in [-0.05, 0) is 55.4 Å². The van der Waals surface area contributed by atoms with Crippen LogP contribution in [0.4, 0.5) is 5.69 Å². The second kappa shape index (κ2) is 9.41. The largest absolute Gasteiger partial charge is 0.303 e. The van der Waals surface area contributed by atoms with Crippen LogP contribution in [0.15, 0.2) is 54.7 Å². The van der Waals surface area contributed by atoms with Crippen molar-refractivity contribution in [3.8, 4) is 12.3 Å². The molecule has 168 valence electrons. The number of fused-ring (bicyclic) bond motifs is 1. The number of hydrogen-bond donors (Lipinski definition) is 0. The summed E-state index contributed by atoms with van der Waals surface area (Å²) in [6.45, 7) is 0. The average Bonchev–Trinajstić information content (AvgIpc) is 3.21. The van der Waals surface area contributed by atoms with Gasteiger partial charge in [-0.15, -0.1) is 6.42 Å². The maximum absolute atomic E-state index is 13.7. The first-order valence-corrected chi connectivity index (χ1v) is 11.3. The van der Waals surface area contributed by atoms with Crippen LogP contribution in [0.2, 0.25) is 0 Å². The summed E-state index contributed by atoms with van der Waals surface area (Å²) < 4.78 is 1.75. The van der Waals surface area contributed by atoms with Crippen molar-refractivity contribution in [1.82, 2.24) is 9.78 Å². The van der Waals surface area contributed by atoms with Crippen LogP contribution < -0.4 is 4.90 Å². The van der Waals surface area contributed by atoms with Crippen molar-refractivity contribution in [2.75, 3.05) is 4.90 Å². The lowest BCUT2D eigenvalue weighted by atomic mass is 9.74. The van der Waals surface area contributed by atoms with Gasteiger partial charge in [-0.25, -0.2) is 0 Å². The Kier molecular flexibility index (Phi) is 6.41. The molecule has 0 radical (unpaired) electrons. The van der Waals surface area contributed by atoms with Crippen molar-refractivity contribution in [2.45, 2.75) is 50.5 Å². The highest BCUT2D eigenvalue weighted by Gasteiger charge is 2.48. The Morgan fingerprint density at radius 1 is 1.15 bits per heavy atom. The lowest BCUT2D eigenvalue weighted by Gasteiger charge is -2.44. The number of carbonyl (C=O) groups is 3. The van der Waals surface area contributed by atoms with Crippen molar-refractivity contribution in [3.63, 3.8) is 0 Å². The third-order valence-electron chi connectivity index (χ3n) is 6.61. The lowest BCUT2D eigenvalue weighted by Crippen LogP contribution is -2.59. The number of benzene rings is 2. The van der Waals surface area contributed by atoms with Gasteiger partial charge < -0.3 is 0 Å². The molecule has 1 aliphatic rings. The highest BCUT2D eigenvalue weighted by atomic mass is 16.2. The topological polar surface area (TPSA) is 72.3 Å². The third kappa shape index (κ3) is 4.45. The first kappa shape index (κ1) is 22.5. The number of nitrogens with zero attached hydrogens (tertiary/aromatic N) is 3. The van der Waals surface area contributed by atoms with Crippen LogP contribution in [0, 0.1) is 12.3 Å². The zero-order valence-electron chi connectivity index (χ0n) is 18.8. The first-order chi connectivity index (χ1) is 15.9. The number of anilines is 1. The number of Topliss-reactive ketones (excluding diaryl/α,β-unsaturated/α-hetero) is 2. The van der Waals surface area contributed by atoms with E-state index in [1.54, 1.807) is 16.9 Å². The molecule has 4 rings (SSSR count). The normalized spacial score (nSPS) is 15.2. The number of carbonyl (C=O) groups excluding carboxylic acids is 3. The molecule has 0 bridgehead atoms. The molecule has 0 spiro atoms. The second-order valence-electron chi connectivity index (χ2n) is 8.63. The molecule has 0 saturated heterocycles. The van der Waals surface area contributed by atoms with Gasteiger partial charge in [0.05, 0.1) is 11.7 Å². The van der Waals surface area contributed by atoms with Crippen molar-refractivity contribution in [3.05, 3.63) is 60.3 Å². The van der Waals surface area contributed by atoms with Crippen molar-refractivity contribution >= 4 is 34.1 Å². The molecule has 0 N–H and O–H groups in total. The molecule has 33 heavy (non-hydrogen) atoms. The molecule has 1 amide bonds. The van der Waals surface area contributed by atoms with Gasteiger partial charge in [-0.2, -0.15) is 5.10 Å². The molecule has 1 aliphatic carbocycles. The van der Waals surface area contributed by atoms with Gasteiger partial charge in [-0.3, -0.25) is 24.0 Å². The van der Waals surface area contributed by atoms with Gasteiger partial charge in [0.25, 0.3) is 0 Å². The number of amides is 1. The number of aromatic nitrogens is 2. The van der Waals surface area contributed by atoms with Crippen LogP contribution >= 0.6 is 0 Å². The Labute approximate surface area is 193 Å². The van der Waals surface area contributed by atoms with Crippen molar-refractivity contribution < 1.29 is 14.4 Å². The summed E-state index contributed by atoms with van der Waals surface area (Å²) in [7, 11) is 1.84. The minimum atomic E-state index is -1.12. The Morgan fingerprint density at radius 3 is 2.58 bits per heavy atom. The Hall–Kier alpha value is -3.72. The van der Waals surface area contributed by atoms with E-state index in [-0.39, 0.29) is 37.2 Å². The second-order valence-corrected chi connectivity index (χ2v) is 8.63. The van der Waals surface area contributed by atoms with Crippen LogP contribution in [-0.2, 0) is 27.9 Å². The summed E-state index contributed by atoms with van der Waals surface area (Å²) >= 11 is 0. The van der Waals surface area contributed by atoms with Gasteiger partial charge >= 0.3 is 5.91 Å². The van der Waals surface area contributed by atoms with Gasteiger partial charge in [0.1, 0.15) is 11.3 Å². The van der Waals surface area contributed by atoms with E-state index in [4.69, 9.17) is 6.42 Å². The third-order valence-corrected chi connectivity index (χ3v) is 6.61. The molecule has 3 aromatic rings. The molecule has 0 aliphatic heterocycles. The summed E-state index contributed by atoms with van der Waals surface area (Å²) in [5.41, 5.74) is 1.51. The predicted molar refractivity (Wildman–Crippen MR) is 128 cm³/mol. The molecule has 1 heterocycles. The molecule has 0 atom stereocenters. The zero-order chi connectivity index (χ0) is 23.4. The summed E-state index contributed by atoms with van der Waals surface area (Å²) in [5, 5.41) is 5.12. The molecule has 1 aromatic heterocycles. The number of rotatable bonds is 7. The van der Waals surface area contributed by atoms with Crippen LogP contribution in [0.3, 0.4) is 0 Å². The molecule has 2 aromatic carbocycles. The Morgan fingerprint density at radius 2 is 1.88 bits per heavy atom. The Bertz CT molecular complexity index is 1230. The monoisotopic (exact) mass is 441 g/mol. The van der Waals surface area contributed by atoms with Gasteiger partial charge in [0.15, 0.2) is 5.78 Å². The standard InChI is InChI=1S/C27H27N3O3/c1-3-26(33)30(22-12-13-24-21(18-22)19-28-29(24)2)27(16-14-23(31)15-17-27)25(32)11-7-10-20-8-5-4-6-9-20/h1,4-6,8-9,12-13,18-19H,7,10-11,14-17H2,2H3. The van der Waals surface area contributed by atoms with E-state index in [1.807, 2.05) is 49.5 Å². The van der Waals surface area contributed by atoms with E-state index >= 15 is 0 Å². The molecule has 6 heteroatoms. The van der Waals surface area contributed by atoms with Crippen molar-refractivity contribution in [2.24, 2.45) is 7.05 Å². The number of ketones is 2. The highest BCUT2D eigenvalue weighted by Crippen LogP contribution is 2.39. The van der Waals surface area contributed by atoms with Crippen LogP contribution in [0.5, 0.6) is 0 Å². The van der Waals surface area contributed by atoms with E-state index in [9.17, 15) is 14.4 Å². The van der Waals surface area contributed by atoms with Crippen molar-refractivity contribution in [1.29, 1.82) is 0 Å². The molecular weight excluding hydrogens is 414 g/mol. The number of hydrogen-bond acceptors (Lipinski definition) is 4. The fourth-order valence-electron chi connectivity index (χ4n) is 4.81. The average molecular weight is 442 g/mol. The van der Waals surface area contributed by atoms with Crippen LogP contribution in [-0.4, -0.2) is 32.8 Å². The molecular formula is C27H27N3O3.